The number of aliphatic imine (C=N–C) groups is 1. The summed E-state index contributed by atoms with van der Waals surface area (Å²) in [6.45, 7) is 7.47. The fourth-order valence-corrected chi connectivity index (χ4v) is 3.18. The SMILES string of the molecule is CCNC(=NCc1ccc(OC)c(NC(C)=O)c1)N(C)Cc1csc(C)n1.I. The van der Waals surface area contributed by atoms with Gasteiger partial charge in [-0.05, 0) is 31.5 Å². The smallest absolute Gasteiger partial charge is 0.221 e. The zero-order chi connectivity index (χ0) is 19.8. The van der Waals surface area contributed by atoms with Crippen molar-refractivity contribution < 1.29 is 9.53 Å². The lowest BCUT2D eigenvalue weighted by Gasteiger charge is -2.21. The van der Waals surface area contributed by atoms with Crippen molar-refractivity contribution in [1.82, 2.24) is 15.2 Å². The van der Waals surface area contributed by atoms with Gasteiger partial charge in [-0.15, -0.1) is 35.3 Å². The van der Waals surface area contributed by atoms with E-state index in [2.05, 4.69) is 25.9 Å². The van der Waals surface area contributed by atoms with E-state index in [9.17, 15) is 4.79 Å². The fourth-order valence-electron chi connectivity index (χ4n) is 2.58. The molecule has 2 aromatic rings. The number of rotatable bonds is 7. The Labute approximate surface area is 187 Å². The van der Waals surface area contributed by atoms with Crippen molar-refractivity contribution in [3.63, 3.8) is 0 Å². The van der Waals surface area contributed by atoms with E-state index in [-0.39, 0.29) is 29.9 Å². The number of benzene rings is 1. The van der Waals surface area contributed by atoms with Gasteiger partial charge in [0.05, 0.1) is 36.6 Å². The van der Waals surface area contributed by atoms with Gasteiger partial charge in [0.1, 0.15) is 5.75 Å². The average molecular weight is 517 g/mol. The molecule has 1 amide bonds. The Morgan fingerprint density at radius 2 is 2.14 bits per heavy atom. The molecular formula is C19H28IN5O2S. The Kier molecular flexibility index (Phi) is 10.2. The number of hydrogen-bond acceptors (Lipinski definition) is 5. The molecule has 0 atom stereocenters. The molecule has 2 N–H and O–H groups in total. The predicted molar refractivity (Wildman–Crippen MR) is 126 cm³/mol. The van der Waals surface area contributed by atoms with Gasteiger partial charge >= 0.3 is 0 Å². The van der Waals surface area contributed by atoms with Gasteiger partial charge in [-0.2, -0.15) is 0 Å². The number of ether oxygens (including phenoxy) is 1. The number of amides is 1. The number of aromatic nitrogens is 1. The third-order valence-electron chi connectivity index (χ3n) is 3.75. The number of anilines is 1. The summed E-state index contributed by atoms with van der Waals surface area (Å²) >= 11 is 1.65. The minimum Gasteiger partial charge on any atom is -0.495 e. The average Bonchev–Trinajstić information content (AvgIpc) is 3.03. The van der Waals surface area contributed by atoms with Crippen molar-refractivity contribution in [1.29, 1.82) is 0 Å². The summed E-state index contributed by atoms with van der Waals surface area (Å²) < 4.78 is 5.29. The third-order valence-corrected chi connectivity index (χ3v) is 4.57. The van der Waals surface area contributed by atoms with Crippen molar-refractivity contribution in [2.24, 2.45) is 4.99 Å². The highest BCUT2D eigenvalue weighted by molar-refractivity contribution is 14.0. The molecule has 0 unspecified atom stereocenters. The number of aryl methyl sites for hydroxylation is 1. The molecule has 0 aliphatic carbocycles. The highest BCUT2D eigenvalue weighted by Crippen LogP contribution is 2.25. The first kappa shape index (κ1) is 24.2. The van der Waals surface area contributed by atoms with Gasteiger partial charge in [0.15, 0.2) is 5.96 Å². The van der Waals surface area contributed by atoms with Crippen LogP contribution in [-0.2, 0) is 17.9 Å². The van der Waals surface area contributed by atoms with Crippen LogP contribution in [0.5, 0.6) is 5.75 Å². The van der Waals surface area contributed by atoms with Crippen LogP contribution in [0.4, 0.5) is 5.69 Å². The first-order chi connectivity index (χ1) is 12.9. The minimum absolute atomic E-state index is 0. The molecule has 0 spiro atoms. The van der Waals surface area contributed by atoms with E-state index in [1.165, 1.54) is 6.92 Å². The van der Waals surface area contributed by atoms with Crippen molar-refractivity contribution in [3.8, 4) is 5.75 Å². The number of nitrogens with zero attached hydrogens (tertiary/aromatic N) is 3. The number of methoxy groups -OCH3 is 1. The summed E-state index contributed by atoms with van der Waals surface area (Å²) in [7, 11) is 3.57. The Morgan fingerprint density at radius 3 is 2.71 bits per heavy atom. The van der Waals surface area contributed by atoms with Crippen LogP contribution in [0.25, 0.3) is 0 Å². The van der Waals surface area contributed by atoms with Crippen LogP contribution in [0, 0.1) is 6.92 Å². The van der Waals surface area contributed by atoms with Gasteiger partial charge in [0, 0.05) is 25.9 Å². The number of hydrogen-bond donors (Lipinski definition) is 2. The lowest BCUT2D eigenvalue weighted by Crippen LogP contribution is -2.38. The number of carbonyl (C=O) groups is 1. The molecule has 0 aliphatic rings. The van der Waals surface area contributed by atoms with Crippen LogP contribution < -0.4 is 15.4 Å². The first-order valence-electron chi connectivity index (χ1n) is 8.77. The van der Waals surface area contributed by atoms with Crippen LogP contribution in [0.2, 0.25) is 0 Å². The molecule has 7 nitrogen and oxygen atoms in total. The van der Waals surface area contributed by atoms with Gasteiger partial charge in [-0.1, -0.05) is 6.07 Å². The molecular weight excluding hydrogens is 489 g/mol. The first-order valence-corrected chi connectivity index (χ1v) is 9.65. The zero-order valence-corrected chi connectivity index (χ0v) is 20.1. The maximum atomic E-state index is 11.4. The molecule has 154 valence electrons. The highest BCUT2D eigenvalue weighted by atomic mass is 127. The summed E-state index contributed by atoms with van der Waals surface area (Å²) in [5.74, 6) is 1.29. The van der Waals surface area contributed by atoms with Crippen molar-refractivity contribution in [3.05, 3.63) is 39.8 Å². The summed E-state index contributed by atoms with van der Waals surface area (Å²) in [4.78, 5) is 22.7. The number of carbonyl (C=O) groups excluding carboxylic acids is 1. The topological polar surface area (TPSA) is 78.9 Å². The van der Waals surface area contributed by atoms with Crippen molar-refractivity contribution >= 4 is 52.9 Å². The van der Waals surface area contributed by atoms with E-state index in [1.54, 1.807) is 18.4 Å². The van der Waals surface area contributed by atoms with E-state index in [0.29, 0.717) is 24.5 Å². The van der Waals surface area contributed by atoms with Crippen molar-refractivity contribution in [2.75, 3.05) is 26.0 Å². The molecule has 0 fully saturated rings. The quantitative estimate of drug-likeness (QED) is 0.333. The fraction of sp³-hybridized carbons (Fsp3) is 0.421. The lowest BCUT2D eigenvalue weighted by molar-refractivity contribution is -0.114. The summed E-state index contributed by atoms with van der Waals surface area (Å²) in [5.41, 5.74) is 2.66. The second-order valence-corrected chi connectivity index (χ2v) is 7.16. The number of nitrogens with one attached hydrogen (secondary N) is 2. The summed E-state index contributed by atoms with van der Waals surface area (Å²) in [6.07, 6.45) is 0. The van der Waals surface area contributed by atoms with E-state index in [0.717, 1.165) is 28.8 Å². The number of thiazole rings is 1. The van der Waals surface area contributed by atoms with Crippen LogP contribution in [0.15, 0.2) is 28.6 Å². The molecule has 1 aromatic heterocycles. The molecule has 1 aromatic carbocycles. The largest absolute Gasteiger partial charge is 0.495 e. The van der Waals surface area contributed by atoms with Gasteiger partial charge in [0.2, 0.25) is 5.91 Å². The van der Waals surface area contributed by atoms with Gasteiger partial charge in [0.25, 0.3) is 0 Å². The van der Waals surface area contributed by atoms with Crippen LogP contribution in [0.1, 0.15) is 30.1 Å². The molecule has 0 saturated carbocycles. The lowest BCUT2D eigenvalue weighted by atomic mass is 10.2. The number of guanidine groups is 1. The molecule has 1 heterocycles. The normalized spacial score (nSPS) is 10.8. The highest BCUT2D eigenvalue weighted by Gasteiger charge is 2.10. The Hall–Kier alpha value is -1.88. The zero-order valence-electron chi connectivity index (χ0n) is 16.9. The monoisotopic (exact) mass is 517 g/mol. The minimum atomic E-state index is -0.138. The van der Waals surface area contributed by atoms with Gasteiger partial charge < -0.3 is 20.3 Å². The standard InChI is InChI=1S/C19H27N5O2S.HI/c1-6-20-19(24(4)11-16-12-27-14(3)23-16)21-10-15-7-8-18(26-5)17(9-15)22-13(2)25;/h7-9,12H,6,10-11H2,1-5H3,(H,20,21)(H,22,25);1H. The van der Waals surface area contributed by atoms with Crippen LogP contribution >= 0.6 is 35.3 Å². The summed E-state index contributed by atoms with van der Waals surface area (Å²) in [5, 5.41) is 9.22. The molecule has 0 bridgehead atoms. The third kappa shape index (κ3) is 7.27. The maximum absolute atomic E-state index is 11.4. The van der Waals surface area contributed by atoms with Crippen LogP contribution in [-0.4, -0.2) is 42.5 Å². The Morgan fingerprint density at radius 1 is 1.39 bits per heavy atom. The van der Waals surface area contributed by atoms with Crippen molar-refractivity contribution in [2.45, 2.75) is 33.9 Å². The number of halogens is 1. The second-order valence-electron chi connectivity index (χ2n) is 6.10. The van der Waals surface area contributed by atoms with E-state index >= 15 is 0 Å². The second kappa shape index (κ2) is 11.8. The molecule has 0 saturated heterocycles. The van der Waals surface area contributed by atoms with Gasteiger partial charge in [-0.25, -0.2) is 9.98 Å². The maximum Gasteiger partial charge on any atom is 0.221 e. The van der Waals surface area contributed by atoms with Gasteiger partial charge in [-0.3, -0.25) is 4.79 Å². The Balaban J connectivity index is 0.00000392. The summed E-state index contributed by atoms with van der Waals surface area (Å²) in [6, 6.07) is 5.67. The van der Waals surface area contributed by atoms with E-state index < -0.39 is 0 Å². The van der Waals surface area contributed by atoms with E-state index in [4.69, 9.17) is 9.73 Å². The molecule has 9 heteroatoms. The molecule has 0 aliphatic heterocycles. The predicted octanol–water partition coefficient (Wildman–Crippen LogP) is 3.63. The molecule has 0 radical (unpaired) electrons. The Bertz CT molecular complexity index is 809. The molecule has 28 heavy (non-hydrogen) atoms. The molecule has 2 rings (SSSR count). The van der Waals surface area contributed by atoms with E-state index in [1.807, 2.05) is 39.1 Å². The van der Waals surface area contributed by atoms with Crippen LogP contribution in [0.3, 0.4) is 0 Å².